The van der Waals surface area contributed by atoms with Crippen LogP contribution in [-0.2, 0) is 17.4 Å². The highest BCUT2D eigenvalue weighted by atomic mass is 16.5. The summed E-state index contributed by atoms with van der Waals surface area (Å²) in [6.07, 6.45) is 5.75. The molecule has 11 heteroatoms. The van der Waals surface area contributed by atoms with E-state index in [1.165, 1.54) is 4.90 Å². The van der Waals surface area contributed by atoms with E-state index in [0.717, 1.165) is 5.56 Å². The van der Waals surface area contributed by atoms with Gasteiger partial charge in [0.05, 0.1) is 29.3 Å². The molecule has 1 unspecified atom stereocenters. The fraction of sp³-hybridized carbons (Fsp3) is 0.360. The number of nitrogens with zero attached hydrogens (tertiary/aromatic N) is 7. The second-order valence-corrected chi connectivity index (χ2v) is 9.40. The lowest BCUT2D eigenvalue weighted by Crippen LogP contribution is -2.35. The molecule has 1 aliphatic rings. The molecular formula is C25H28N8O3. The quantitative estimate of drug-likeness (QED) is 0.402. The van der Waals surface area contributed by atoms with Gasteiger partial charge in [-0.2, -0.15) is 5.10 Å². The molecule has 1 fully saturated rings. The van der Waals surface area contributed by atoms with Crippen LogP contribution in [0.25, 0.3) is 22.8 Å². The minimum atomic E-state index is -1.70. The lowest BCUT2D eigenvalue weighted by molar-refractivity contribution is -0.144. The highest BCUT2D eigenvalue weighted by molar-refractivity contribution is 5.87. The average molecular weight is 489 g/mol. The smallest absolute Gasteiger partial charge is 0.262 e. The summed E-state index contributed by atoms with van der Waals surface area (Å²) in [6.45, 7) is 4.69. The SMILES string of the molecule is CC(C)[C@H](Nc1nccc(-c2cccc(-c3cc(C4(O)CCN(C)C4=O)on3)n2)n1)c1cnn(C)c1. The Labute approximate surface area is 208 Å². The van der Waals surface area contributed by atoms with E-state index in [9.17, 15) is 9.90 Å². The van der Waals surface area contributed by atoms with Crippen LogP contribution in [0, 0.1) is 5.92 Å². The number of carbonyl (C=O) groups excluding carboxylic acids is 1. The first-order chi connectivity index (χ1) is 17.2. The van der Waals surface area contributed by atoms with Gasteiger partial charge in [0.15, 0.2) is 5.76 Å². The number of rotatable bonds is 7. The average Bonchev–Trinajstić information content (AvgIpc) is 3.60. The molecule has 1 aliphatic heterocycles. The van der Waals surface area contributed by atoms with E-state index in [1.54, 1.807) is 36.1 Å². The van der Waals surface area contributed by atoms with Crippen molar-refractivity contribution in [2.75, 3.05) is 18.9 Å². The van der Waals surface area contributed by atoms with E-state index in [-0.39, 0.29) is 24.1 Å². The van der Waals surface area contributed by atoms with Gasteiger partial charge in [0.2, 0.25) is 11.5 Å². The van der Waals surface area contributed by atoms with Crippen molar-refractivity contribution in [1.29, 1.82) is 0 Å². The zero-order valence-electron chi connectivity index (χ0n) is 20.6. The van der Waals surface area contributed by atoms with Gasteiger partial charge in [-0.15, -0.1) is 0 Å². The predicted molar refractivity (Wildman–Crippen MR) is 131 cm³/mol. The molecule has 1 amide bonds. The Bertz CT molecular complexity index is 1400. The molecule has 0 aromatic carbocycles. The maximum Gasteiger partial charge on any atom is 0.262 e. The van der Waals surface area contributed by atoms with Crippen LogP contribution in [0.2, 0.25) is 0 Å². The number of amides is 1. The largest absolute Gasteiger partial charge is 0.373 e. The highest BCUT2D eigenvalue weighted by Gasteiger charge is 2.48. The summed E-state index contributed by atoms with van der Waals surface area (Å²) < 4.78 is 7.14. The van der Waals surface area contributed by atoms with Crippen molar-refractivity contribution >= 4 is 11.9 Å². The Morgan fingerprint density at radius 2 is 1.86 bits per heavy atom. The van der Waals surface area contributed by atoms with Crippen LogP contribution in [0.5, 0.6) is 0 Å². The lowest BCUT2D eigenvalue weighted by atomic mass is 9.98. The number of anilines is 1. The zero-order valence-corrected chi connectivity index (χ0v) is 20.6. The summed E-state index contributed by atoms with van der Waals surface area (Å²) in [5.41, 5.74) is 1.57. The van der Waals surface area contributed by atoms with Gasteiger partial charge in [-0.25, -0.2) is 15.0 Å². The first-order valence-electron chi connectivity index (χ1n) is 11.8. The number of carbonyl (C=O) groups is 1. The van der Waals surface area contributed by atoms with Gasteiger partial charge >= 0.3 is 0 Å². The number of hydrogen-bond acceptors (Lipinski definition) is 9. The molecule has 2 atom stereocenters. The number of aliphatic hydroxyl groups is 1. The summed E-state index contributed by atoms with van der Waals surface area (Å²) in [5.74, 6) is 0.476. The third-order valence-electron chi connectivity index (χ3n) is 6.39. The molecule has 5 heterocycles. The highest BCUT2D eigenvalue weighted by Crippen LogP contribution is 2.34. The van der Waals surface area contributed by atoms with E-state index in [1.807, 2.05) is 31.6 Å². The molecule has 0 aliphatic carbocycles. The molecule has 36 heavy (non-hydrogen) atoms. The molecule has 5 rings (SSSR count). The van der Waals surface area contributed by atoms with Crippen molar-refractivity contribution in [3.05, 3.63) is 60.2 Å². The van der Waals surface area contributed by atoms with Crippen LogP contribution in [-0.4, -0.2) is 59.4 Å². The van der Waals surface area contributed by atoms with Gasteiger partial charge in [0.25, 0.3) is 5.91 Å². The van der Waals surface area contributed by atoms with Crippen molar-refractivity contribution in [2.24, 2.45) is 13.0 Å². The first-order valence-corrected chi connectivity index (χ1v) is 11.8. The van der Waals surface area contributed by atoms with Crippen LogP contribution < -0.4 is 5.32 Å². The first kappa shape index (κ1) is 23.6. The fourth-order valence-electron chi connectivity index (χ4n) is 4.34. The number of nitrogens with one attached hydrogen (secondary N) is 1. The molecule has 2 N–H and O–H groups in total. The van der Waals surface area contributed by atoms with Crippen LogP contribution in [0.4, 0.5) is 5.95 Å². The van der Waals surface area contributed by atoms with E-state index in [0.29, 0.717) is 35.3 Å². The molecule has 0 radical (unpaired) electrons. The number of hydrogen-bond donors (Lipinski definition) is 2. The number of aromatic nitrogens is 6. The summed E-state index contributed by atoms with van der Waals surface area (Å²) in [7, 11) is 3.53. The third-order valence-corrected chi connectivity index (χ3v) is 6.39. The summed E-state index contributed by atoms with van der Waals surface area (Å²) >= 11 is 0. The fourth-order valence-corrected chi connectivity index (χ4v) is 4.34. The van der Waals surface area contributed by atoms with Crippen LogP contribution >= 0.6 is 0 Å². The maximum absolute atomic E-state index is 12.4. The van der Waals surface area contributed by atoms with Gasteiger partial charge < -0.3 is 19.8 Å². The van der Waals surface area contributed by atoms with E-state index < -0.39 is 11.5 Å². The van der Waals surface area contributed by atoms with Gasteiger partial charge in [0.1, 0.15) is 5.69 Å². The van der Waals surface area contributed by atoms with Gasteiger partial charge in [-0.05, 0) is 24.1 Å². The standard InChI is InChI=1S/C25H28N8O3/c1-15(2)22(16-13-27-33(4)14-16)30-24-26-10-8-19(29-24)17-6-5-7-18(28-17)20-12-21(36-31-20)25(35)9-11-32(3)23(25)34/h5-8,10,12-15,22,35H,9,11H2,1-4H3,(H,26,29,30)/t22-,25?/m0/s1. The maximum atomic E-state index is 12.4. The lowest BCUT2D eigenvalue weighted by Gasteiger charge is -2.21. The number of aryl methyl sites for hydroxylation is 1. The normalized spacial score (nSPS) is 18.7. The number of pyridine rings is 1. The molecule has 0 saturated carbocycles. The summed E-state index contributed by atoms with van der Waals surface area (Å²) in [6, 6.07) is 8.82. The topological polar surface area (TPSA) is 135 Å². The Morgan fingerprint density at radius 1 is 1.11 bits per heavy atom. The number of likely N-dealkylation sites (tertiary alicyclic amines) is 1. The van der Waals surface area contributed by atoms with E-state index >= 15 is 0 Å². The van der Waals surface area contributed by atoms with Gasteiger partial charge in [-0.3, -0.25) is 9.48 Å². The number of likely N-dealkylation sites (N-methyl/N-ethyl adjacent to an activating group) is 1. The minimum Gasteiger partial charge on any atom is -0.373 e. The van der Waals surface area contributed by atoms with Crippen LogP contribution in [0.15, 0.2) is 53.4 Å². The Morgan fingerprint density at radius 3 is 2.53 bits per heavy atom. The second-order valence-electron chi connectivity index (χ2n) is 9.40. The molecule has 1 saturated heterocycles. The minimum absolute atomic E-state index is 0.00931. The Kier molecular flexibility index (Phi) is 6.00. The molecular weight excluding hydrogens is 460 g/mol. The van der Waals surface area contributed by atoms with Crippen molar-refractivity contribution < 1.29 is 14.4 Å². The Hall–Kier alpha value is -4.12. The van der Waals surface area contributed by atoms with Crippen molar-refractivity contribution in [3.8, 4) is 22.8 Å². The summed E-state index contributed by atoms with van der Waals surface area (Å²) in [5, 5.41) is 22.6. The van der Waals surface area contributed by atoms with E-state index in [4.69, 9.17) is 9.51 Å². The molecule has 4 aromatic heterocycles. The third kappa shape index (κ3) is 4.33. The molecule has 186 valence electrons. The van der Waals surface area contributed by atoms with E-state index in [2.05, 4.69) is 39.4 Å². The Balaban J connectivity index is 1.40. The molecule has 0 bridgehead atoms. The second kappa shape index (κ2) is 9.15. The van der Waals surface area contributed by atoms with Crippen molar-refractivity contribution in [3.63, 3.8) is 0 Å². The zero-order chi connectivity index (χ0) is 25.4. The molecule has 4 aromatic rings. The van der Waals surface area contributed by atoms with Gasteiger partial charge in [-0.1, -0.05) is 25.1 Å². The van der Waals surface area contributed by atoms with Gasteiger partial charge in [0, 0.05) is 51.1 Å². The predicted octanol–water partition coefficient (Wildman–Crippen LogP) is 2.79. The molecule has 0 spiro atoms. The summed E-state index contributed by atoms with van der Waals surface area (Å²) in [4.78, 5) is 27.7. The molecule has 11 nitrogen and oxygen atoms in total. The van der Waals surface area contributed by atoms with Crippen LogP contribution in [0.1, 0.15) is 37.6 Å². The van der Waals surface area contributed by atoms with Crippen molar-refractivity contribution in [1.82, 2.24) is 34.8 Å². The van der Waals surface area contributed by atoms with Crippen LogP contribution in [0.3, 0.4) is 0 Å². The monoisotopic (exact) mass is 488 g/mol. The van der Waals surface area contributed by atoms with Crippen molar-refractivity contribution in [2.45, 2.75) is 31.9 Å².